The quantitative estimate of drug-likeness (QED) is 0.370. The van der Waals surface area contributed by atoms with Crippen LogP contribution < -0.4 is 0 Å². The largest absolute Gasteiger partial charge is 0.393 e. The van der Waals surface area contributed by atoms with Crippen LogP contribution in [0.4, 0.5) is 0 Å². The Balaban J connectivity index is 1.15. The summed E-state index contributed by atoms with van der Waals surface area (Å²) in [5.74, 6) is 0.477. The van der Waals surface area contributed by atoms with Gasteiger partial charge in [0.2, 0.25) is 0 Å². The van der Waals surface area contributed by atoms with Gasteiger partial charge in [-0.25, -0.2) is 0 Å². The fraction of sp³-hybridized carbons (Fsp3) is 0.500. The Morgan fingerprint density at radius 1 is 1.09 bits per heavy atom. The molecule has 4 aliphatic carbocycles. The van der Waals surface area contributed by atoms with Gasteiger partial charge in [-0.3, -0.25) is 9.59 Å². The first kappa shape index (κ1) is 30.1. The number of ether oxygens (including phenoxy) is 2. The number of allylic oxidation sites excluding steroid dienone is 4. The number of thioether (sulfide) groups is 1. The van der Waals surface area contributed by atoms with Gasteiger partial charge in [-0.2, -0.15) is 0 Å². The third-order valence-electron chi connectivity index (χ3n) is 11.5. The van der Waals surface area contributed by atoms with Gasteiger partial charge in [0.1, 0.15) is 6.61 Å². The summed E-state index contributed by atoms with van der Waals surface area (Å²) >= 11 is 1.69. The molecule has 9 atom stereocenters. The smallest absolute Gasteiger partial charge is 0.193 e. The second-order valence-corrected chi connectivity index (χ2v) is 14.7. The topological polar surface area (TPSA) is 113 Å². The third kappa shape index (κ3) is 4.44. The molecule has 4 fully saturated rings. The number of Topliss-reactive ketones (excluding diaryl/α,β-unsaturated/α-hetero) is 1. The molecule has 1 heterocycles. The number of aliphatic hydroxyl groups is 3. The van der Waals surface area contributed by atoms with E-state index in [2.05, 4.69) is 13.8 Å². The van der Waals surface area contributed by atoms with E-state index in [1.807, 2.05) is 54.6 Å². The lowest BCUT2D eigenvalue weighted by atomic mass is 9.46. The molecule has 2 aromatic rings. The maximum absolute atomic E-state index is 13.8. The minimum atomic E-state index is -1.37. The Kier molecular flexibility index (Phi) is 7.55. The van der Waals surface area contributed by atoms with E-state index in [1.165, 1.54) is 0 Å². The molecular formula is C36H40O7S. The van der Waals surface area contributed by atoms with Crippen LogP contribution in [0.25, 0.3) is 0 Å². The number of hydrogen-bond acceptors (Lipinski definition) is 8. The SMILES string of the molecule is C[C@]12C=CC(=O)C=C1CC[C@@H]1[C@@H]2[C@@H](O)C[C@@]2(C)[C@H]1C[C@H]1O[C@@H](c3cccc(SCc4ccc(CO)cc4)c3)O[C@]12C(=O)CO. The first-order valence-corrected chi connectivity index (χ1v) is 16.6. The number of fused-ring (bicyclic) bond motifs is 7. The van der Waals surface area contributed by atoms with Crippen LogP contribution in [0.3, 0.4) is 0 Å². The summed E-state index contributed by atoms with van der Waals surface area (Å²) in [5, 5.41) is 31.4. The van der Waals surface area contributed by atoms with Crippen molar-refractivity contribution >= 4 is 23.3 Å². The average molecular weight is 617 g/mol. The molecular weight excluding hydrogens is 576 g/mol. The van der Waals surface area contributed by atoms with E-state index in [0.717, 1.165) is 45.8 Å². The molecule has 5 aliphatic rings. The van der Waals surface area contributed by atoms with Crippen LogP contribution >= 0.6 is 11.8 Å². The number of ketones is 2. The Morgan fingerprint density at radius 2 is 1.86 bits per heavy atom. The zero-order chi connectivity index (χ0) is 30.9. The molecule has 8 heteroatoms. The van der Waals surface area contributed by atoms with E-state index < -0.39 is 41.5 Å². The fourth-order valence-electron chi connectivity index (χ4n) is 9.49. The molecule has 3 N–H and O–H groups in total. The van der Waals surface area contributed by atoms with Crippen molar-refractivity contribution in [1.29, 1.82) is 0 Å². The van der Waals surface area contributed by atoms with Gasteiger partial charge in [0.15, 0.2) is 23.5 Å². The minimum Gasteiger partial charge on any atom is -0.393 e. The van der Waals surface area contributed by atoms with Crippen molar-refractivity contribution < 1.29 is 34.4 Å². The minimum absolute atomic E-state index is 0.000900. The van der Waals surface area contributed by atoms with Gasteiger partial charge in [-0.15, -0.1) is 11.8 Å². The molecule has 0 aromatic heterocycles. The third-order valence-corrected chi connectivity index (χ3v) is 12.6. The van der Waals surface area contributed by atoms with Crippen LogP contribution in [0, 0.1) is 28.6 Å². The first-order valence-electron chi connectivity index (χ1n) is 15.6. The van der Waals surface area contributed by atoms with Gasteiger partial charge in [-0.1, -0.05) is 61.9 Å². The van der Waals surface area contributed by atoms with Crippen LogP contribution in [-0.4, -0.2) is 51.3 Å². The second-order valence-electron chi connectivity index (χ2n) is 13.7. The van der Waals surface area contributed by atoms with Crippen molar-refractivity contribution in [3.63, 3.8) is 0 Å². The molecule has 1 saturated heterocycles. The normalized spacial score (nSPS) is 38.8. The summed E-state index contributed by atoms with van der Waals surface area (Å²) in [5.41, 5.74) is 1.42. The number of carbonyl (C=O) groups excluding carboxylic acids is 2. The lowest BCUT2D eigenvalue weighted by Crippen LogP contribution is -2.63. The van der Waals surface area contributed by atoms with Crippen molar-refractivity contribution in [2.75, 3.05) is 6.61 Å². The summed E-state index contributed by atoms with van der Waals surface area (Å²) in [6, 6.07) is 15.9. The highest BCUT2D eigenvalue weighted by atomic mass is 32.2. The van der Waals surface area contributed by atoms with Crippen molar-refractivity contribution in [3.05, 3.63) is 89.0 Å². The van der Waals surface area contributed by atoms with Gasteiger partial charge in [0, 0.05) is 33.0 Å². The van der Waals surface area contributed by atoms with E-state index in [4.69, 9.17) is 9.47 Å². The summed E-state index contributed by atoms with van der Waals surface area (Å²) in [4.78, 5) is 27.0. The standard InChI is InChI=1S/C36H40O7S/c1-34-13-12-25(39)15-24(34)10-11-27-28-16-31-36(30(41)19-38,35(28,2)17-29(40)32(27)34)43-33(42-31)23-4-3-5-26(14-23)44-20-22-8-6-21(18-37)7-9-22/h3-9,12-15,27-29,31-33,37-38,40H,10-11,16-20H2,1-2H3/t27-,28-,29-,31+,32+,33+,34-,35-,36+/m0/s1. The number of hydrogen-bond donors (Lipinski definition) is 3. The van der Waals surface area contributed by atoms with E-state index >= 15 is 0 Å². The zero-order valence-electron chi connectivity index (χ0n) is 25.1. The van der Waals surface area contributed by atoms with Crippen LogP contribution in [0.15, 0.2) is 77.2 Å². The molecule has 7 nitrogen and oxygen atoms in total. The van der Waals surface area contributed by atoms with Crippen molar-refractivity contribution in [3.8, 4) is 0 Å². The Bertz CT molecular complexity index is 1530. The maximum Gasteiger partial charge on any atom is 0.193 e. The first-order chi connectivity index (χ1) is 21.1. The van der Waals surface area contributed by atoms with Gasteiger partial charge in [0.05, 0.1) is 18.8 Å². The van der Waals surface area contributed by atoms with E-state index in [-0.39, 0.29) is 35.9 Å². The summed E-state index contributed by atoms with van der Waals surface area (Å²) in [6.07, 6.45) is 5.91. The molecule has 1 aliphatic heterocycles. The van der Waals surface area contributed by atoms with Crippen molar-refractivity contribution in [1.82, 2.24) is 0 Å². The molecule has 0 amide bonds. The number of rotatable bonds is 7. The molecule has 0 bridgehead atoms. The zero-order valence-corrected chi connectivity index (χ0v) is 26.0. The number of carbonyl (C=O) groups is 2. The summed E-state index contributed by atoms with van der Waals surface area (Å²) in [6.45, 7) is 3.56. The van der Waals surface area contributed by atoms with E-state index in [9.17, 15) is 24.9 Å². The Labute approximate surface area is 262 Å². The molecule has 232 valence electrons. The molecule has 3 saturated carbocycles. The van der Waals surface area contributed by atoms with E-state index in [0.29, 0.717) is 12.8 Å². The van der Waals surface area contributed by atoms with E-state index in [1.54, 1.807) is 23.9 Å². The number of aliphatic hydroxyl groups excluding tert-OH is 3. The molecule has 7 rings (SSSR count). The van der Waals surface area contributed by atoms with Crippen LogP contribution in [0.5, 0.6) is 0 Å². The summed E-state index contributed by atoms with van der Waals surface area (Å²) < 4.78 is 13.4. The highest BCUT2D eigenvalue weighted by molar-refractivity contribution is 7.98. The highest BCUT2D eigenvalue weighted by Gasteiger charge is 2.75. The Hall–Kier alpha value is -2.59. The lowest BCUT2D eigenvalue weighted by molar-refractivity contribution is -0.201. The van der Waals surface area contributed by atoms with Crippen LogP contribution in [0.2, 0.25) is 0 Å². The van der Waals surface area contributed by atoms with Crippen LogP contribution in [0.1, 0.15) is 62.5 Å². The fourth-order valence-corrected chi connectivity index (χ4v) is 10.4. The van der Waals surface area contributed by atoms with Gasteiger partial charge >= 0.3 is 0 Å². The predicted octanol–water partition coefficient (Wildman–Crippen LogP) is 5.07. The predicted molar refractivity (Wildman–Crippen MR) is 165 cm³/mol. The van der Waals surface area contributed by atoms with Crippen molar-refractivity contribution in [2.45, 2.75) is 80.9 Å². The average Bonchev–Trinajstić information content (AvgIpc) is 3.53. The van der Waals surface area contributed by atoms with Crippen LogP contribution in [-0.2, 0) is 31.4 Å². The lowest BCUT2D eigenvalue weighted by Gasteiger charge is -2.59. The molecule has 2 aromatic carbocycles. The molecule has 0 spiro atoms. The van der Waals surface area contributed by atoms with Crippen molar-refractivity contribution in [2.24, 2.45) is 28.6 Å². The second kappa shape index (κ2) is 11.0. The molecule has 44 heavy (non-hydrogen) atoms. The van der Waals surface area contributed by atoms with Gasteiger partial charge in [0.25, 0.3) is 0 Å². The van der Waals surface area contributed by atoms with Gasteiger partial charge in [-0.05, 0) is 72.9 Å². The monoisotopic (exact) mass is 616 g/mol. The maximum atomic E-state index is 13.8. The van der Waals surface area contributed by atoms with Gasteiger partial charge < -0.3 is 24.8 Å². The molecule has 0 radical (unpaired) electrons. The highest BCUT2D eigenvalue weighted by Crippen LogP contribution is 2.70. The Morgan fingerprint density at radius 3 is 2.61 bits per heavy atom. The molecule has 0 unspecified atom stereocenters. The summed E-state index contributed by atoms with van der Waals surface area (Å²) in [7, 11) is 0. The number of benzene rings is 2.